The molecule has 6 nitrogen and oxygen atoms in total. The van der Waals surface area contributed by atoms with Crippen LogP contribution in [0.1, 0.15) is 18.4 Å². The molecular formula is C20H20N2O4. The highest BCUT2D eigenvalue weighted by Gasteiger charge is 2.59. The molecule has 0 radical (unpaired) electrons. The Hall–Kier alpha value is -2.63. The number of rotatable bonds is 1. The molecule has 4 aliphatic rings. The van der Waals surface area contributed by atoms with Crippen molar-refractivity contribution >= 4 is 29.3 Å². The van der Waals surface area contributed by atoms with Crippen molar-refractivity contribution in [3.63, 3.8) is 0 Å². The third-order valence-electron chi connectivity index (χ3n) is 6.31. The number of methoxy groups -OCH3 is 1. The fourth-order valence-corrected chi connectivity index (χ4v) is 5.18. The lowest BCUT2D eigenvalue weighted by atomic mass is 9.85. The van der Waals surface area contributed by atoms with E-state index in [-0.39, 0.29) is 41.6 Å². The van der Waals surface area contributed by atoms with Gasteiger partial charge in [0, 0.05) is 6.54 Å². The zero-order chi connectivity index (χ0) is 18.0. The van der Waals surface area contributed by atoms with E-state index >= 15 is 0 Å². The Kier molecular flexibility index (Phi) is 3.26. The molecule has 2 heterocycles. The van der Waals surface area contributed by atoms with Crippen LogP contribution in [0, 0.1) is 23.7 Å². The summed E-state index contributed by atoms with van der Waals surface area (Å²) >= 11 is 0. The molecule has 1 saturated carbocycles. The summed E-state index contributed by atoms with van der Waals surface area (Å²) in [4.78, 5) is 40.9. The van der Waals surface area contributed by atoms with Crippen LogP contribution in [0.3, 0.4) is 0 Å². The van der Waals surface area contributed by atoms with Gasteiger partial charge in [0.25, 0.3) is 0 Å². The topological polar surface area (TPSA) is 66.9 Å². The lowest BCUT2D eigenvalue weighted by Gasteiger charge is -2.29. The molecule has 2 aliphatic heterocycles. The third kappa shape index (κ3) is 1.95. The second-order valence-corrected chi connectivity index (χ2v) is 7.55. The van der Waals surface area contributed by atoms with Gasteiger partial charge in [-0.2, -0.15) is 0 Å². The maximum atomic E-state index is 13.0. The molecule has 1 saturated heterocycles. The van der Waals surface area contributed by atoms with Crippen molar-refractivity contribution in [2.24, 2.45) is 23.7 Å². The Balaban J connectivity index is 1.50. The maximum absolute atomic E-state index is 13.0. The monoisotopic (exact) mass is 352 g/mol. The molecular weight excluding hydrogens is 332 g/mol. The second-order valence-electron chi connectivity index (χ2n) is 7.55. The summed E-state index contributed by atoms with van der Waals surface area (Å²) in [5, 5.41) is 0. The van der Waals surface area contributed by atoms with Crippen molar-refractivity contribution < 1.29 is 19.1 Å². The highest BCUT2D eigenvalue weighted by Crippen LogP contribution is 2.53. The number of amides is 3. The number of carbonyl (C=O) groups is 3. The smallest absolute Gasteiger partial charge is 0.414 e. The van der Waals surface area contributed by atoms with Crippen molar-refractivity contribution in [2.75, 3.05) is 23.5 Å². The predicted octanol–water partition coefficient (Wildman–Crippen LogP) is 2.52. The van der Waals surface area contributed by atoms with Gasteiger partial charge in [-0.15, -0.1) is 0 Å². The van der Waals surface area contributed by atoms with Crippen molar-refractivity contribution in [3.8, 4) is 0 Å². The van der Waals surface area contributed by atoms with Gasteiger partial charge in [-0.25, -0.2) is 4.79 Å². The summed E-state index contributed by atoms with van der Waals surface area (Å²) in [7, 11) is 1.37. The van der Waals surface area contributed by atoms with Crippen LogP contribution < -0.4 is 9.80 Å². The van der Waals surface area contributed by atoms with Crippen LogP contribution in [0.25, 0.3) is 0 Å². The molecule has 2 bridgehead atoms. The van der Waals surface area contributed by atoms with E-state index in [2.05, 4.69) is 12.2 Å². The summed E-state index contributed by atoms with van der Waals surface area (Å²) in [6, 6.07) is 5.48. The zero-order valence-corrected chi connectivity index (χ0v) is 14.6. The van der Waals surface area contributed by atoms with E-state index < -0.39 is 0 Å². The largest absolute Gasteiger partial charge is 0.452 e. The number of allylic oxidation sites excluding steroid dienone is 2. The van der Waals surface area contributed by atoms with Gasteiger partial charge in [0.15, 0.2) is 0 Å². The molecule has 4 atom stereocenters. The van der Waals surface area contributed by atoms with Crippen LogP contribution in [-0.4, -0.2) is 31.6 Å². The third-order valence-corrected chi connectivity index (χ3v) is 6.31. The minimum absolute atomic E-state index is 0.0718. The number of imide groups is 1. The normalized spacial score (nSPS) is 31.4. The quantitative estimate of drug-likeness (QED) is 0.575. The minimum Gasteiger partial charge on any atom is -0.452 e. The maximum Gasteiger partial charge on any atom is 0.414 e. The Bertz CT molecular complexity index is 831. The Morgan fingerprint density at radius 1 is 1.12 bits per heavy atom. The number of aryl methyl sites for hydroxylation is 1. The zero-order valence-electron chi connectivity index (χ0n) is 14.6. The van der Waals surface area contributed by atoms with Crippen LogP contribution in [0.15, 0.2) is 30.4 Å². The lowest BCUT2D eigenvalue weighted by molar-refractivity contribution is -0.123. The van der Waals surface area contributed by atoms with Crippen LogP contribution >= 0.6 is 0 Å². The number of ether oxygens (including phenoxy) is 1. The summed E-state index contributed by atoms with van der Waals surface area (Å²) in [5.41, 5.74) is 2.39. The van der Waals surface area contributed by atoms with Crippen LogP contribution in [0.4, 0.5) is 16.2 Å². The first-order valence-electron chi connectivity index (χ1n) is 9.14. The van der Waals surface area contributed by atoms with E-state index in [0.29, 0.717) is 12.2 Å². The first-order chi connectivity index (χ1) is 12.6. The summed E-state index contributed by atoms with van der Waals surface area (Å²) < 4.78 is 4.85. The minimum atomic E-state index is -0.385. The molecule has 0 unspecified atom stereocenters. The van der Waals surface area contributed by atoms with Gasteiger partial charge in [-0.05, 0) is 54.9 Å². The number of carbonyl (C=O) groups excluding carboxylic acids is 3. The molecule has 134 valence electrons. The molecule has 2 fully saturated rings. The number of fused-ring (bicyclic) bond motifs is 6. The molecule has 5 rings (SSSR count). The summed E-state index contributed by atoms with van der Waals surface area (Å²) in [5.74, 6) is -0.118. The van der Waals surface area contributed by atoms with Gasteiger partial charge in [-0.1, -0.05) is 12.2 Å². The molecule has 0 aromatic heterocycles. The number of hydrogen-bond acceptors (Lipinski definition) is 4. The van der Waals surface area contributed by atoms with Gasteiger partial charge in [0.1, 0.15) is 0 Å². The highest BCUT2D eigenvalue weighted by atomic mass is 16.5. The van der Waals surface area contributed by atoms with Gasteiger partial charge in [0.2, 0.25) is 11.8 Å². The Morgan fingerprint density at radius 2 is 1.81 bits per heavy atom. The fourth-order valence-electron chi connectivity index (χ4n) is 5.18. The fraction of sp³-hybridized carbons (Fsp3) is 0.450. The van der Waals surface area contributed by atoms with Crippen molar-refractivity contribution in [2.45, 2.75) is 19.3 Å². The Morgan fingerprint density at radius 3 is 2.46 bits per heavy atom. The van der Waals surface area contributed by atoms with Crippen LogP contribution in [-0.2, 0) is 20.7 Å². The standard InChI is InChI=1S/C20H20N2O4/c1-26-20(25)21-8-2-3-11-10-14(6-7-15(11)21)22-18(23)16-12-4-5-13(9-12)17(16)19(22)24/h4-7,10,12-13,16-17H,2-3,8-9H2,1H3/t12-,13+,16-,17-/m0/s1. The molecule has 1 aromatic rings. The average molecular weight is 352 g/mol. The molecule has 3 amide bonds. The summed E-state index contributed by atoms with van der Waals surface area (Å²) in [6.07, 6.45) is 6.38. The number of benzene rings is 1. The van der Waals surface area contributed by atoms with E-state index in [1.54, 1.807) is 11.0 Å². The van der Waals surface area contributed by atoms with Crippen LogP contribution in [0.2, 0.25) is 0 Å². The van der Waals surface area contributed by atoms with E-state index in [1.807, 2.05) is 12.1 Å². The van der Waals surface area contributed by atoms with Gasteiger partial charge >= 0.3 is 6.09 Å². The molecule has 1 aromatic carbocycles. The molecule has 2 aliphatic carbocycles. The number of hydrogen-bond donors (Lipinski definition) is 0. The summed E-state index contributed by atoms with van der Waals surface area (Å²) in [6.45, 7) is 0.611. The molecule has 0 N–H and O–H groups in total. The van der Waals surface area contributed by atoms with Gasteiger partial charge in [-0.3, -0.25) is 19.4 Å². The van der Waals surface area contributed by atoms with E-state index in [0.717, 1.165) is 30.5 Å². The molecule has 6 heteroatoms. The highest BCUT2D eigenvalue weighted by molar-refractivity contribution is 6.23. The Labute approximate surface area is 151 Å². The van der Waals surface area contributed by atoms with Gasteiger partial charge < -0.3 is 4.74 Å². The van der Waals surface area contributed by atoms with E-state index in [1.165, 1.54) is 12.0 Å². The number of anilines is 2. The first kappa shape index (κ1) is 15.6. The van der Waals surface area contributed by atoms with E-state index in [9.17, 15) is 14.4 Å². The SMILES string of the molecule is COC(=O)N1CCCc2cc(N3C(=O)[C@@H]4[C@@H](C3=O)[C@H]3C=C[C@@H]4C3)ccc21. The van der Waals surface area contributed by atoms with Gasteiger partial charge in [0.05, 0.1) is 30.3 Å². The number of nitrogens with zero attached hydrogens (tertiary/aromatic N) is 2. The molecule has 0 spiro atoms. The van der Waals surface area contributed by atoms with Crippen molar-refractivity contribution in [3.05, 3.63) is 35.9 Å². The second kappa shape index (κ2) is 5.43. The average Bonchev–Trinajstić information content (AvgIpc) is 3.34. The molecule has 26 heavy (non-hydrogen) atoms. The first-order valence-corrected chi connectivity index (χ1v) is 9.14. The van der Waals surface area contributed by atoms with Crippen LogP contribution in [0.5, 0.6) is 0 Å². The van der Waals surface area contributed by atoms with E-state index in [4.69, 9.17) is 4.74 Å². The lowest BCUT2D eigenvalue weighted by Crippen LogP contribution is -2.36. The van der Waals surface area contributed by atoms with Crippen molar-refractivity contribution in [1.29, 1.82) is 0 Å². The predicted molar refractivity (Wildman–Crippen MR) is 94.7 cm³/mol. The van der Waals surface area contributed by atoms with Crippen molar-refractivity contribution in [1.82, 2.24) is 0 Å².